The van der Waals surface area contributed by atoms with Gasteiger partial charge in [-0.25, -0.2) is 4.39 Å². The second kappa shape index (κ2) is 7.10. The van der Waals surface area contributed by atoms with Gasteiger partial charge in [0, 0.05) is 25.6 Å². The molecule has 5 nitrogen and oxygen atoms in total. The molecule has 1 atom stereocenters. The molecule has 2 fully saturated rings. The Kier molecular flexibility index (Phi) is 5.16. The fourth-order valence-electron chi connectivity index (χ4n) is 3.69. The summed E-state index contributed by atoms with van der Waals surface area (Å²) in [5.41, 5.74) is -2.40. The summed E-state index contributed by atoms with van der Waals surface area (Å²) in [5.74, 6) is -2.11. The lowest BCUT2D eigenvalue weighted by atomic mass is 9.90. The number of hydrogen-bond donors (Lipinski definition) is 0. The Bertz CT molecular complexity index is 749. The quantitative estimate of drug-likeness (QED) is 0.695. The van der Waals surface area contributed by atoms with Crippen molar-refractivity contribution >= 4 is 11.8 Å². The Morgan fingerprint density at radius 3 is 2.52 bits per heavy atom. The maximum Gasteiger partial charge on any atom is 0.419 e. The lowest BCUT2D eigenvalue weighted by Crippen LogP contribution is -2.61. The predicted molar refractivity (Wildman–Crippen MR) is 87.5 cm³/mol. The van der Waals surface area contributed by atoms with E-state index in [1.807, 2.05) is 0 Å². The summed E-state index contributed by atoms with van der Waals surface area (Å²) in [6, 6.07) is 2.25. The Morgan fingerprint density at radius 1 is 1.15 bits per heavy atom. The lowest BCUT2D eigenvalue weighted by molar-refractivity contribution is -0.157. The van der Waals surface area contributed by atoms with Gasteiger partial charge in [-0.1, -0.05) is 0 Å². The van der Waals surface area contributed by atoms with Gasteiger partial charge < -0.3 is 14.5 Å². The monoisotopic (exact) mass is 388 g/mol. The minimum Gasteiger partial charge on any atom is -0.369 e. The first-order valence-corrected chi connectivity index (χ1v) is 8.67. The molecule has 0 unspecified atom stereocenters. The molecule has 27 heavy (non-hydrogen) atoms. The standard InChI is InChI=1S/C18H20F4N2O3/c1-12(25)23-7-8-27-17(10-23)5-2-6-24(11-17)16(26)13-3-4-15(19)14(9-13)18(20,21)22/h3-4,9H,2,5-8,10-11H2,1H3/t17-/m1/s1. The Labute approximate surface area is 153 Å². The van der Waals surface area contributed by atoms with E-state index in [0.717, 1.165) is 6.07 Å². The van der Waals surface area contributed by atoms with Crippen LogP contribution >= 0.6 is 0 Å². The average Bonchev–Trinajstić information content (AvgIpc) is 2.60. The van der Waals surface area contributed by atoms with Crippen molar-refractivity contribution in [1.29, 1.82) is 0 Å². The van der Waals surface area contributed by atoms with E-state index in [1.54, 1.807) is 4.90 Å². The zero-order chi connectivity index (χ0) is 19.8. The highest BCUT2D eigenvalue weighted by Gasteiger charge is 2.43. The largest absolute Gasteiger partial charge is 0.419 e. The van der Waals surface area contributed by atoms with Crippen molar-refractivity contribution in [2.24, 2.45) is 0 Å². The molecule has 2 saturated heterocycles. The Morgan fingerprint density at radius 2 is 1.85 bits per heavy atom. The van der Waals surface area contributed by atoms with Crippen LogP contribution < -0.4 is 0 Å². The summed E-state index contributed by atoms with van der Waals surface area (Å²) >= 11 is 0. The summed E-state index contributed by atoms with van der Waals surface area (Å²) in [4.78, 5) is 27.5. The molecule has 0 N–H and O–H groups in total. The number of hydrogen-bond acceptors (Lipinski definition) is 3. The van der Waals surface area contributed by atoms with Crippen LogP contribution in [-0.2, 0) is 15.7 Å². The molecule has 1 aromatic rings. The van der Waals surface area contributed by atoms with Gasteiger partial charge in [0.05, 0.1) is 25.3 Å². The van der Waals surface area contributed by atoms with Crippen LogP contribution in [0.1, 0.15) is 35.7 Å². The third-order valence-electron chi connectivity index (χ3n) is 5.04. The number of carbonyl (C=O) groups excluding carboxylic acids is 2. The van der Waals surface area contributed by atoms with E-state index in [4.69, 9.17) is 4.74 Å². The number of rotatable bonds is 1. The number of alkyl halides is 3. The fourth-order valence-corrected chi connectivity index (χ4v) is 3.69. The number of amides is 2. The summed E-state index contributed by atoms with van der Waals surface area (Å²) in [5, 5.41) is 0. The smallest absolute Gasteiger partial charge is 0.369 e. The first-order chi connectivity index (χ1) is 12.6. The van der Waals surface area contributed by atoms with Gasteiger partial charge in [-0.05, 0) is 31.0 Å². The van der Waals surface area contributed by atoms with Gasteiger partial charge in [0.25, 0.3) is 5.91 Å². The number of nitrogens with zero attached hydrogens (tertiary/aromatic N) is 2. The zero-order valence-corrected chi connectivity index (χ0v) is 14.8. The number of halogens is 4. The molecule has 0 aromatic heterocycles. The van der Waals surface area contributed by atoms with Crippen molar-refractivity contribution < 1.29 is 31.9 Å². The molecule has 9 heteroatoms. The number of piperidine rings is 1. The summed E-state index contributed by atoms with van der Waals surface area (Å²) in [6.07, 6.45) is -3.62. The van der Waals surface area contributed by atoms with Crippen LogP contribution in [0.3, 0.4) is 0 Å². The number of benzene rings is 1. The first kappa shape index (κ1) is 19.6. The van der Waals surface area contributed by atoms with Crippen molar-refractivity contribution in [3.63, 3.8) is 0 Å². The molecule has 2 aliphatic rings. The van der Waals surface area contributed by atoms with Gasteiger partial charge in [-0.2, -0.15) is 13.2 Å². The van der Waals surface area contributed by atoms with Gasteiger partial charge >= 0.3 is 6.18 Å². The highest BCUT2D eigenvalue weighted by molar-refractivity contribution is 5.94. The lowest BCUT2D eigenvalue weighted by Gasteiger charge is -2.47. The molecule has 0 saturated carbocycles. The van der Waals surface area contributed by atoms with E-state index in [2.05, 4.69) is 0 Å². The van der Waals surface area contributed by atoms with Crippen LogP contribution in [0, 0.1) is 5.82 Å². The van der Waals surface area contributed by atoms with Crippen molar-refractivity contribution in [3.8, 4) is 0 Å². The van der Waals surface area contributed by atoms with Crippen LogP contribution in [0.15, 0.2) is 18.2 Å². The van der Waals surface area contributed by atoms with Crippen LogP contribution in [-0.4, -0.2) is 60.0 Å². The van der Waals surface area contributed by atoms with Crippen LogP contribution in [0.25, 0.3) is 0 Å². The van der Waals surface area contributed by atoms with Gasteiger partial charge in [0.15, 0.2) is 0 Å². The van der Waals surface area contributed by atoms with Crippen molar-refractivity contribution in [1.82, 2.24) is 9.80 Å². The van der Waals surface area contributed by atoms with Gasteiger partial charge in [0.1, 0.15) is 11.4 Å². The topological polar surface area (TPSA) is 49.9 Å². The SMILES string of the molecule is CC(=O)N1CCO[C@]2(CCCN(C(=O)c3ccc(F)c(C(F)(F)F)c3)C2)C1. The minimum atomic E-state index is -4.88. The van der Waals surface area contributed by atoms with Crippen molar-refractivity contribution in [2.75, 3.05) is 32.8 Å². The minimum absolute atomic E-state index is 0.0884. The zero-order valence-electron chi connectivity index (χ0n) is 14.8. The number of ether oxygens (including phenoxy) is 1. The van der Waals surface area contributed by atoms with E-state index in [9.17, 15) is 27.2 Å². The van der Waals surface area contributed by atoms with E-state index >= 15 is 0 Å². The summed E-state index contributed by atoms with van der Waals surface area (Å²) in [6.45, 7) is 3.15. The predicted octanol–water partition coefficient (Wildman–Crippen LogP) is 2.70. The normalized spacial score (nSPS) is 23.6. The maximum atomic E-state index is 13.5. The number of carbonyl (C=O) groups is 2. The van der Waals surface area contributed by atoms with E-state index < -0.39 is 29.1 Å². The molecule has 1 aromatic carbocycles. The summed E-state index contributed by atoms with van der Waals surface area (Å²) in [7, 11) is 0. The molecule has 2 amide bonds. The summed E-state index contributed by atoms with van der Waals surface area (Å²) < 4.78 is 58.1. The highest BCUT2D eigenvalue weighted by Crippen LogP contribution is 2.33. The third kappa shape index (κ3) is 4.07. The fraction of sp³-hybridized carbons (Fsp3) is 0.556. The molecular formula is C18H20F4N2O3. The number of morpholine rings is 1. The Hall–Kier alpha value is -2.16. The Balaban J connectivity index is 1.80. The average molecular weight is 388 g/mol. The molecule has 1 spiro atoms. The number of likely N-dealkylation sites (tertiary alicyclic amines) is 1. The molecule has 3 rings (SSSR count). The van der Waals surface area contributed by atoms with Crippen LogP contribution in [0.2, 0.25) is 0 Å². The van der Waals surface area contributed by atoms with Crippen LogP contribution in [0.5, 0.6) is 0 Å². The van der Waals surface area contributed by atoms with Crippen LogP contribution in [0.4, 0.5) is 17.6 Å². The molecule has 0 bridgehead atoms. The molecule has 0 radical (unpaired) electrons. The van der Waals surface area contributed by atoms with E-state index in [0.29, 0.717) is 51.2 Å². The van der Waals surface area contributed by atoms with E-state index in [-0.39, 0.29) is 18.0 Å². The second-order valence-electron chi connectivity index (χ2n) is 6.99. The highest BCUT2D eigenvalue weighted by atomic mass is 19.4. The molecular weight excluding hydrogens is 368 g/mol. The first-order valence-electron chi connectivity index (χ1n) is 8.67. The maximum absolute atomic E-state index is 13.5. The second-order valence-corrected chi connectivity index (χ2v) is 6.99. The molecule has 148 valence electrons. The van der Waals surface area contributed by atoms with Gasteiger partial charge in [-0.3, -0.25) is 9.59 Å². The van der Waals surface area contributed by atoms with Gasteiger partial charge in [-0.15, -0.1) is 0 Å². The third-order valence-corrected chi connectivity index (χ3v) is 5.04. The van der Waals surface area contributed by atoms with Gasteiger partial charge in [0.2, 0.25) is 5.91 Å². The molecule has 2 heterocycles. The van der Waals surface area contributed by atoms with Crippen molar-refractivity contribution in [3.05, 3.63) is 35.1 Å². The van der Waals surface area contributed by atoms with E-state index in [1.165, 1.54) is 11.8 Å². The van der Waals surface area contributed by atoms with Crippen molar-refractivity contribution in [2.45, 2.75) is 31.5 Å². The molecule has 0 aliphatic carbocycles. The molecule has 2 aliphatic heterocycles.